The van der Waals surface area contributed by atoms with Crippen LogP contribution in [0.15, 0.2) is 0 Å². The van der Waals surface area contributed by atoms with Crippen LogP contribution in [0.25, 0.3) is 0 Å². The van der Waals surface area contributed by atoms with Crippen molar-refractivity contribution in [3.05, 3.63) is 0 Å². The highest BCUT2D eigenvalue weighted by Crippen LogP contribution is 2.28. The van der Waals surface area contributed by atoms with E-state index in [2.05, 4.69) is 10.0 Å². The van der Waals surface area contributed by atoms with Gasteiger partial charge in [0.05, 0.1) is 0 Å². The Balaban J connectivity index is 5.06. The molecule has 0 spiro atoms. The van der Waals surface area contributed by atoms with Gasteiger partial charge in [0.2, 0.25) is 0 Å². The molecule has 26 heavy (non-hydrogen) atoms. The Morgan fingerprint density at radius 2 is 1.69 bits per heavy atom. The second-order valence-corrected chi connectivity index (χ2v) is 10.2. The lowest BCUT2D eigenvalue weighted by molar-refractivity contribution is -0.156. The molecule has 0 saturated heterocycles. The van der Waals surface area contributed by atoms with Crippen LogP contribution in [0.2, 0.25) is 0 Å². The Hall–Kier alpha value is -0.710. The number of halogens is 3. The number of amides is 1. The summed E-state index contributed by atoms with van der Waals surface area (Å²) >= 11 is -1.93. The first-order valence-electron chi connectivity index (χ1n) is 8.32. The van der Waals surface area contributed by atoms with E-state index in [1.54, 1.807) is 41.5 Å². The predicted octanol–water partition coefficient (Wildman–Crippen LogP) is 2.88. The molecule has 156 valence electrons. The van der Waals surface area contributed by atoms with Crippen LogP contribution in [0, 0.1) is 5.92 Å². The molecule has 0 aliphatic carbocycles. The number of hydrogen-bond acceptors (Lipinski definition) is 5. The minimum atomic E-state index is -4.65. The minimum Gasteiger partial charge on any atom is -0.598 e. The molecule has 0 radical (unpaired) electrons. The van der Waals surface area contributed by atoms with Crippen LogP contribution in [0.5, 0.6) is 0 Å². The lowest BCUT2D eigenvalue weighted by Crippen LogP contribution is -2.53. The maximum Gasteiger partial charge on any atom is 0.408 e. The third-order valence-electron chi connectivity index (χ3n) is 3.43. The molecule has 0 aromatic heterocycles. The number of ether oxygens (including phenoxy) is 1. The van der Waals surface area contributed by atoms with Crippen LogP contribution in [-0.4, -0.2) is 51.0 Å². The van der Waals surface area contributed by atoms with Crippen molar-refractivity contribution in [2.45, 2.75) is 83.5 Å². The average molecular weight is 404 g/mol. The molecule has 0 bridgehead atoms. The van der Waals surface area contributed by atoms with Gasteiger partial charge in [0.25, 0.3) is 0 Å². The monoisotopic (exact) mass is 404 g/mol. The van der Waals surface area contributed by atoms with E-state index >= 15 is 0 Å². The van der Waals surface area contributed by atoms with Crippen molar-refractivity contribution in [2.75, 3.05) is 6.61 Å². The van der Waals surface area contributed by atoms with Gasteiger partial charge in [-0.2, -0.15) is 13.2 Å². The van der Waals surface area contributed by atoms with Crippen LogP contribution < -0.4 is 10.0 Å². The molecule has 0 heterocycles. The fourth-order valence-electron chi connectivity index (χ4n) is 1.91. The summed E-state index contributed by atoms with van der Waals surface area (Å²) in [5.41, 5.74) is -0.752. The van der Waals surface area contributed by atoms with Gasteiger partial charge in [-0.05, 0) is 54.9 Å². The van der Waals surface area contributed by atoms with E-state index in [1.807, 2.05) is 0 Å². The largest absolute Gasteiger partial charge is 0.598 e. The topological polar surface area (TPSA) is 93.7 Å². The zero-order valence-corrected chi connectivity index (χ0v) is 17.2. The van der Waals surface area contributed by atoms with Gasteiger partial charge < -0.3 is 19.7 Å². The van der Waals surface area contributed by atoms with Crippen molar-refractivity contribution in [1.82, 2.24) is 10.0 Å². The minimum absolute atomic E-state index is 0.543. The summed E-state index contributed by atoms with van der Waals surface area (Å²) < 4.78 is 58.3. The Labute approximate surface area is 156 Å². The molecule has 0 rings (SSSR count). The number of carbonyl (C=O) groups excluding carboxylic acids is 1. The zero-order valence-electron chi connectivity index (χ0n) is 16.4. The molecule has 0 aromatic rings. The van der Waals surface area contributed by atoms with Crippen molar-refractivity contribution >= 4 is 17.5 Å². The average Bonchev–Trinajstić information content (AvgIpc) is 2.37. The first-order valence-corrected chi connectivity index (χ1v) is 9.47. The second kappa shape index (κ2) is 9.48. The molecule has 1 amide bonds. The highest BCUT2D eigenvalue weighted by Gasteiger charge is 2.46. The second-order valence-electron chi connectivity index (χ2n) is 8.21. The Kier molecular flexibility index (Phi) is 9.22. The molecule has 4 atom stereocenters. The van der Waals surface area contributed by atoms with Gasteiger partial charge in [0.1, 0.15) is 16.4 Å². The SMILES string of the molecule is C[C@@H](NC(=O)OC(C)(C)C)[C@H](CO)CC(N[S+]([O-])C(C)(C)C)C(F)(F)F. The number of aliphatic hydroxyl groups is 1. The fraction of sp³-hybridized carbons (Fsp3) is 0.938. The molecule has 0 saturated carbocycles. The standard InChI is InChI=1S/C16H31F3N2O4S/c1-10(20-13(23)25-14(2,3)4)11(9-22)8-12(16(17,18)19)21-26(24)15(5,6)7/h10-12,21-22H,8-9H2,1-7H3,(H,20,23)/t10-,11+,12?,26?/m1/s1. The summed E-state index contributed by atoms with van der Waals surface area (Å²) in [4.78, 5) is 11.8. The highest BCUT2D eigenvalue weighted by atomic mass is 32.2. The molecule has 10 heteroatoms. The van der Waals surface area contributed by atoms with Gasteiger partial charge in [-0.3, -0.25) is 0 Å². The number of rotatable bonds is 7. The maximum absolute atomic E-state index is 13.3. The van der Waals surface area contributed by atoms with E-state index in [-0.39, 0.29) is 0 Å². The van der Waals surface area contributed by atoms with E-state index in [0.717, 1.165) is 0 Å². The van der Waals surface area contributed by atoms with Gasteiger partial charge in [-0.1, -0.05) is 0 Å². The van der Waals surface area contributed by atoms with E-state index in [1.165, 1.54) is 6.92 Å². The van der Waals surface area contributed by atoms with Crippen LogP contribution >= 0.6 is 0 Å². The van der Waals surface area contributed by atoms with Gasteiger partial charge >= 0.3 is 12.3 Å². The van der Waals surface area contributed by atoms with Crippen LogP contribution in [0.3, 0.4) is 0 Å². The summed E-state index contributed by atoms with van der Waals surface area (Å²) in [7, 11) is 0. The quantitative estimate of drug-likeness (QED) is 0.568. The fourth-order valence-corrected chi connectivity index (χ4v) is 2.75. The first kappa shape index (κ1) is 25.3. The van der Waals surface area contributed by atoms with Gasteiger partial charge in [0.15, 0.2) is 0 Å². The molecule has 0 aliphatic rings. The molecule has 0 aromatic carbocycles. The zero-order chi connectivity index (χ0) is 20.9. The number of carbonyl (C=O) groups is 1. The lowest BCUT2D eigenvalue weighted by Gasteiger charge is -2.32. The highest BCUT2D eigenvalue weighted by molar-refractivity contribution is 7.90. The van der Waals surface area contributed by atoms with Crippen molar-refractivity contribution in [1.29, 1.82) is 0 Å². The summed E-state index contributed by atoms with van der Waals surface area (Å²) in [5.74, 6) is -0.904. The van der Waals surface area contributed by atoms with Crippen LogP contribution in [-0.2, 0) is 16.1 Å². The number of nitrogens with one attached hydrogen (secondary N) is 2. The molecule has 2 unspecified atom stereocenters. The van der Waals surface area contributed by atoms with E-state index in [4.69, 9.17) is 4.74 Å². The Morgan fingerprint density at radius 3 is 2.04 bits per heavy atom. The van der Waals surface area contributed by atoms with E-state index in [9.17, 15) is 27.6 Å². The summed E-state index contributed by atoms with van der Waals surface area (Å²) in [6, 6.07) is -2.85. The third-order valence-corrected chi connectivity index (χ3v) is 5.04. The smallest absolute Gasteiger partial charge is 0.408 e. The van der Waals surface area contributed by atoms with E-state index in [0.29, 0.717) is 0 Å². The van der Waals surface area contributed by atoms with Crippen molar-refractivity contribution < 1.29 is 32.4 Å². The molecule has 0 fully saturated rings. The lowest BCUT2D eigenvalue weighted by atomic mass is 9.94. The van der Waals surface area contributed by atoms with Gasteiger partial charge in [-0.25, -0.2) is 4.79 Å². The first-order chi connectivity index (χ1) is 11.5. The van der Waals surface area contributed by atoms with Crippen LogP contribution in [0.4, 0.5) is 18.0 Å². The number of aliphatic hydroxyl groups excluding tert-OH is 1. The molecular weight excluding hydrogens is 373 g/mol. The normalized spacial score (nSPS) is 18.0. The molecule has 3 N–H and O–H groups in total. The van der Waals surface area contributed by atoms with Crippen molar-refractivity contribution in [3.63, 3.8) is 0 Å². The number of alkyl halides is 3. The van der Waals surface area contributed by atoms with Crippen molar-refractivity contribution in [2.24, 2.45) is 5.92 Å². The molecule has 6 nitrogen and oxygen atoms in total. The summed E-state index contributed by atoms with van der Waals surface area (Å²) in [5, 5.41) is 11.9. The number of alkyl carbamates (subject to hydrolysis) is 1. The Morgan fingerprint density at radius 1 is 1.19 bits per heavy atom. The van der Waals surface area contributed by atoms with Crippen LogP contribution in [0.1, 0.15) is 54.9 Å². The number of hydrogen-bond donors (Lipinski definition) is 3. The predicted molar refractivity (Wildman–Crippen MR) is 94.9 cm³/mol. The van der Waals surface area contributed by atoms with Gasteiger partial charge in [0, 0.05) is 29.9 Å². The van der Waals surface area contributed by atoms with Crippen molar-refractivity contribution in [3.8, 4) is 0 Å². The Bertz CT molecular complexity index is 450. The molecule has 0 aliphatic heterocycles. The third kappa shape index (κ3) is 9.84. The molecular formula is C16H31F3N2O4S. The maximum atomic E-state index is 13.3. The summed E-state index contributed by atoms with van der Waals surface area (Å²) in [6.45, 7) is 10.6. The van der Waals surface area contributed by atoms with E-state index < -0.39 is 65.0 Å². The van der Waals surface area contributed by atoms with Gasteiger partial charge in [-0.15, -0.1) is 4.72 Å². The summed E-state index contributed by atoms with van der Waals surface area (Å²) in [6.07, 6.45) is -5.98.